The number of thioether (sulfide) groups is 1. The van der Waals surface area contributed by atoms with Crippen LogP contribution in [0.4, 0.5) is 13.2 Å². The number of aromatic nitrogens is 3. The number of pyridine rings is 1. The van der Waals surface area contributed by atoms with Gasteiger partial charge in [-0.25, -0.2) is 0 Å². The first kappa shape index (κ1) is 16.9. The lowest BCUT2D eigenvalue weighted by Crippen LogP contribution is -2.25. The molecular weight excluding hydrogens is 341 g/mol. The molecule has 0 radical (unpaired) electrons. The van der Waals surface area contributed by atoms with E-state index >= 15 is 0 Å². The molecule has 0 aliphatic rings. The largest absolute Gasteiger partial charge is 0.417 e. The van der Waals surface area contributed by atoms with Gasteiger partial charge in [0.25, 0.3) is 0 Å². The van der Waals surface area contributed by atoms with Gasteiger partial charge < -0.3 is 5.32 Å². The molecule has 0 saturated heterocycles. The van der Waals surface area contributed by atoms with E-state index in [-0.39, 0.29) is 27.5 Å². The zero-order chi connectivity index (χ0) is 16.3. The van der Waals surface area contributed by atoms with E-state index in [1.807, 2.05) is 6.92 Å². The minimum Gasteiger partial charge on any atom is -0.355 e. The Labute approximate surface area is 133 Å². The van der Waals surface area contributed by atoms with Gasteiger partial charge in [0.15, 0.2) is 10.8 Å². The van der Waals surface area contributed by atoms with Crippen molar-refractivity contribution in [2.24, 2.45) is 0 Å². The zero-order valence-electron chi connectivity index (χ0n) is 11.4. The fourth-order valence-corrected chi connectivity index (χ4v) is 2.62. The van der Waals surface area contributed by atoms with Crippen LogP contribution in [0, 0.1) is 0 Å². The van der Waals surface area contributed by atoms with Crippen LogP contribution in [0.25, 0.3) is 5.65 Å². The third-order valence-electron chi connectivity index (χ3n) is 2.66. The molecule has 0 unspecified atom stereocenters. The predicted octanol–water partition coefficient (Wildman–Crippen LogP) is 3.02. The molecule has 0 fully saturated rings. The summed E-state index contributed by atoms with van der Waals surface area (Å²) in [5.41, 5.74) is -0.784. The van der Waals surface area contributed by atoms with Crippen molar-refractivity contribution in [1.82, 2.24) is 19.9 Å². The van der Waals surface area contributed by atoms with E-state index in [2.05, 4.69) is 15.5 Å². The quantitative estimate of drug-likeness (QED) is 0.840. The van der Waals surface area contributed by atoms with Gasteiger partial charge in [-0.1, -0.05) is 30.3 Å². The number of fused-ring (bicyclic) bond motifs is 1. The number of rotatable bonds is 5. The van der Waals surface area contributed by atoms with Crippen molar-refractivity contribution >= 4 is 34.9 Å². The Hall–Kier alpha value is -1.48. The Morgan fingerprint density at radius 1 is 1.45 bits per heavy atom. The molecule has 22 heavy (non-hydrogen) atoms. The molecule has 0 aliphatic heterocycles. The number of halogens is 4. The van der Waals surface area contributed by atoms with Crippen LogP contribution in [0.2, 0.25) is 5.02 Å². The fourth-order valence-electron chi connectivity index (χ4n) is 1.63. The Morgan fingerprint density at radius 2 is 2.18 bits per heavy atom. The van der Waals surface area contributed by atoms with Crippen molar-refractivity contribution in [1.29, 1.82) is 0 Å². The van der Waals surface area contributed by atoms with Gasteiger partial charge in [-0.3, -0.25) is 9.20 Å². The Morgan fingerprint density at radius 3 is 2.82 bits per heavy atom. The van der Waals surface area contributed by atoms with Gasteiger partial charge in [0, 0.05) is 12.7 Å². The minimum absolute atomic E-state index is 0.0364. The number of nitrogens with zero attached hydrogens (tertiary/aromatic N) is 3. The van der Waals surface area contributed by atoms with Crippen LogP contribution in [0.1, 0.15) is 18.9 Å². The third-order valence-corrected chi connectivity index (χ3v) is 3.88. The van der Waals surface area contributed by atoms with Gasteiger partial charge in [0.05, 0.1) is 16.3 Å². The topological polar surface area (TPSA) is 59.3 Å². The van der Waals surface area contributed by atoms with Gasteiger partial charge in [-0.05, 0) is 12.5 Å². The van der Waals surface area contributed by atoms with Crippen LogP contribution < -0.4 is 5.32 Å². The number of hydrogen-bond donors (Lipinski definition) is 1. The van der Waals surface area contributed by atoms with Crippen molar-refractivity contribution in [3.63, 3.8) is 0 Å². The first-order chi connectivity index (χ1) is 10.3. The molecule has 0 aliphatic carbocycles. The standard InChI is InChI=1S/C12H12ClF3N4OS/c1-2-3-17-9(21)6-22-11-19-18-10-8(13)4-7(5-20(10)11)12(14,15)16/h4-5H,2-3,6H2,1H3,(H,17,21). The molecule has 10 heteroatoms. The second-order valence-corrected chi connectivity index (χ2v) is 5.74. The zero-order valence-corrected chi connectivity index (χ0v) is 13.0. The predicted molar refractivity (Wildman–Crippen MR) is 77.0 cm³/mol. The van der Waals surface area contributed by atoms with E-state index in [0.717, 1.165) is 34.8 Å². The average molecular weight is 353 g/mol. The molecule has 120 valence electrons. The highest BCUT2D eigenvalue weighted by Gasteiger charge is 2.32. The third kappa shape index (κ3) is 3.83. The molecule has 0 aromatic carbocycles. The first-order valence-electron chi connectivity index (χ1n) is 6.34. The highest BCUT2D eigenvalue weighted by Crippen LogP contribution is 2.33. The summed E-state index contributed by atoms with van der Waals surface area (Å²) in [6, 6.07) is 0.800. The normalized spacial score (nSPS) is 11.9. The first-order valence-corrected chi connectivity index (χ1v) is 7.70. The molecule has 0 atom stereocenters. The average Bonchev–Trinajstić information content (AvgIpc) is 2.85. The van der Waals surface area contributed by atoms with E-state index in [0.29, 0.717) is 6.54 Å². The minimum atomic E-state index is -4.53. The van der Waals surface area contributed by atoms with E-state index in [1.165, 1.54) is 0 Å². The second kappa shape index (κ2) is 6.74. The molecule has 0 saturated carbocycles. The van der Waals surface area contributed by atoms with Gasteiger partial charge in [0.1, 0.15) is 0 Å². The summed E-state index contributed by atoms with van der Waals surface area (Å²) in [6.07, 6.45) is -2.86. The van der Waals surface area contributed by atoms with Gasteiger partial charge in [-0.2, -0.15) is 13.2 Å². The molecule has 1 N–H and O–H groups in total. The number of nitrogens with one attached hydrogen (secondary N) is 1. The SMILES string of the molecule is CCCNC(=O)CSc1nnc2c(Cl)cc(C(F)(F)F)cn12. The van der Waals surface area contributed by atoms with Gasteiger partial charge >= 0.3 is 6.18 Å². The summed E-state index contributed by atoms with van der Waals surface area (Å²) in [5.74, 6) is -0.184. The number of alkyl halides is 3. The van der Waals surface area contributed by atoms with E-state index in [9.17, 15) is 18.0 Å². The van der Waals surface area contributed by atoms with Crippen LogP contribution >= 0.6 is 23.4 Å². The summed E-state index contributed by atoms with van der Waals surface area (Å²) in [6.45, 7) is 2.46. The number of carbonyl (C=O) groups excluding carboxylic acids is 1. The summed E-state index contributed by atoms with van der Waals surface area (Å²) >= 11 is 6.80. The van der Waals surface area contributed by atoms with Crippen molar-refractivity contribution in [3.8, 4) is 0 Å². The summed E-state index contributed by atoms with van der Waals surface area (Å²) in [7, 11) is 0. The van der Waals surface area contributed by atoms with Crippen LogP contribution in [-0.2, 0) is 11.0 Å². The number of carbonyl (C=O) groups is 1. The van der Waals surface area contributed by atoms with Crippen LogP contribution in [0.3, 0.4) is 0 Å². The van der Waals surface area contributed by atoms with E-state index in [1.54, 1.807) is 0 Å². The van der Waals surface area contributed by atoms with Crippen LogP contribution in [0.15, 0.2) is 17.4 Å². The lowest BCUT2D eigenvalue weighted by molar-refractivity contribution is -0.137. The van der Waals surface area contributed by atoms with Gasteiger partial charge in [0.2, 0.25) is 5.91 Å². The lowest BCUT2D eigenvalue weighted by atomic mass is 10.3. The van der Waals surface area contributed by atoms with Crippen LogP contribution in [-0.4, -0.2) is 32.8 Å². The Balaban J connectivity index is 2.24. The highest BCUT2D eigenvalue weighted by molar-refractivity contribution is 7.99. The molecule has 2 heterocycles. The molecule has 0 spiro atoms. The smallest absolute Gasteiger partial charge is 0.355 e. The Kier molecular flexibility index (Phi) is 5.17. The molecule has 5 nitrogen and oxygen atoms in total. The summed E-state index contributed by atoms with van der Waals surface area (Å²) in [4.78, 5) is 11.5. The molecule has 2 aromatic rings. The Bertz CT molecular complexity index is 689. The second-order valence-electron chi connectivity index (χ2n) is 4.39. The maximum Gasteiger partial charge on any atom is 0.417 e. The maximum atomic E-state index is 12.8. The highest BCUT2D eigenvalue weighted by atomic mass is 35.5. The van der Waals surface area contributed by atoms with E-state index < -0.39 is 11.7 Å². The number of hydrogen-bond acceptors (Lipinski definition) is 4. The van der Waals surface area contributed by atoms with Crippen molar-refractivity contribution in [2.45, 2.75) is 24.7 Å². The molecule has 2 rings (SSSR count). The summed E-state index contributed by atoms with van der Waals surface area (Å²) < 4.78 is 39.6. The van der Waals surface area contributed by atoms with Gasteiger partial charge in [-0.15, -0.1) is 10.2 Å². The monoisotopic (exact) mass is 352 g/mol. The van der Waals surface area contributed by atoms with E-state index in [4.69, 9.17) is 11.6 Å². The fraction of sp³-hybridized carbons (Fsp3) is 0.417. The molecule has 1 amide bonds. The van der Waals surface area contributed by atoms with Crippen molar-refractivity contribution in [3.05, 3.63) is 22.8 Å². The molecular formula is C12H12ClF3N4OS. The number of amides is 1. The van der Waals surface area contributed by atoms with Crippen molar-refractivity contribution < 1.29 is 18.0 Å². The maximum absolute atomic E-state index is 12.8. The molecule has 2 aromatic heterocycles. The van der Waals surface area contributed by atoms with Crippen LogP contribution in [0.5, 0.6) is 0 Å². The summed E-state index contributed by atoms with van der Waals surface area (Å²) in [5, 5.41) is 10.2. The lowest BCUT2D eigenvalue weighted by Gasteiger charge is -2.08. The molecule has 0 bridgehead atoms. The van der Waals surface area contributed by atoms with Crippen molar-refractivity contribution in [2.75, 3.05) is 12.3 Å².